The number of carbonyl (C=O) groups is 1. The third-order valence-corrected chi connectivity index (χ3v) is 4.05. The quantitative estimate of drug-likeness (QED) is 0.814. The molecule has 1 fully saturated rings. The van der Waals surface area contributed by atoms with Crippen molar-refractivity contribution in [2.75, 3.05) is 0 Å². The number of amides is 1. The van der Waals surface area contributed by atoms with Crippen molar-refractivity contribution in [2.45, 2.75) is 51.6 Å². The molecule has 0 aromatic carbocycles. The van der Waals surface area contributed by atoms with Gasteiger partial charge in [0.15, 0.2) is 0 Å². The molecule has 2 atom stereocenters. The molecule has 1 aliphatic carbocycles. The minimum atomic E-state index is -0.165. The van der Waals surface area contributed by atoms with Crippen molar-refractivity contribution < 1.29 is 4.79 Å². The summed E-state index contributed by atoms with van der Waals surface area (Å²) in [4.78, 5) is 15.8. The summed E-state index contributed by atoms with van der Waals surface area (Å²) in [6, 6.07) is 4.23. The van der Waals surface area contributed by atoms with Crippen LogP contribution in [-0.2, 0) is 11.3 Å². The van der Waals surface area contributed by atoms with E-state index in [0.717, 1.165) is 31.5 Å². The predicted octanol–water partition coefficient (Wildman–Crippen LogP) is 1.91. The molecular weight excluding hydrogens is 238 g/mol. The first kappa shape index (κ1) is 14.0. The smallest absolute Gasteiger partial charge is 0.222 e. The largest absolute Gasteiger partial charge is 0.369 e. The maximum Gasteiger partial charge on any atom is 0.222 e. The molecule has 0 saturated heterocycles. The summed E-state index contributed by atoms with van der Waals surface area (Å²) in [5.74, 6) is -0.193. The van der Waals surface area contributed by atoms with E-state index < -0.39 is 0 Å². The van der Waals surface area contributed by atoms with Crippen molar-refractivity contribution in [1.82, 2.24) is 10.3 Å². The molecule has 1 amide bonds. The summed E-state index contributed by atoms with van der Waals surface area (Å²) in [6.07, 6.45) is 7.24. The number of pyridine rings is 1. The van der Waals surface area contributed by atoms with Crippen LogP contribution in [0, 0.1) is 12.8 Å². The molecule has 104 valence electrons. The van der Waals surface area contributed by atoms with Crippen LogP contribution in [0.1, 0.15) is 43.4 Å². The zero-order valence-electron chi connectivity index (χ0n) is 11.6. The Labute approximate surface area is 114 Å². The van der Waals surface area contributed by atoms with Crippen molar-refractivity contribution in [3.8, 4) is 0 Å². The van der Waals surface area contributed by atoms with Gasteiger partial charge in [0.25, 0.3) is 0 Å². The molecule has 4 heteroatoms. The number of aromatic nitrogens is 1. The monoisotopic (exact) mass is 261 g/mol. The van der Waals surface area contributed by atoms with Crippen LogP contribution < -0.4 is 11.1 Å². The van der Waals surface area contributed by atoms with E-state index in [1.165, 1.54) is 18.4 Å². The fourth-order valence-electron chi connectivity index (χ4n) is 2.84. The van der Waals surface area contributed by atoms with Crippen LogP contribution >= 0.6 is 0 Å². The van der Waals surface area contributed by atoms with E-state index in [-0.39, 0.29) is 17.9 Å². The first-order valence-electron chi connectivity index (χ1n) is 7.11. The van der Waals surface area contributed by atoms with Crippen molar-refractivity contribution in [3.05, 3.63) is 29.6 Å². The average molecular weight is 261 g/mol. The molecule has 2 rings (SSSR count). The summed E-state index contributed by atoms with van der Waals surface area (Å²) < 4.78 is 0. The van der Waals surface area contributed by atoms with Crippen LogP contribution in [0.4, 0.5) is 0 Å². The highest BCUT2D eigenvalue weighted by Crippen LogP contribution is 2.23. The molecule has 1 aromatic heterocycles. The van der Waals surface area contributed by atoms with Gasteiger partial charge in [0, 0.05) is 24.5 Å². The summed E-state index contributed by atoms with van der Waals surface area (Å²) in [7, 11) is 0. The van der Waals surface area contributed by atoms with Gasteiger partial charge in [-0.15, -0.1) is 0 Å². The average Bonchev–Trinajstić information content (AvgIpc) is 2.63. The molecule has 4 nitrogen and oxygen atoms in total. The van der Waals surface area contributed by atoms with Crippen molar-refractivity contribution in [1.29, 1.82) is 0 Å². The van der Waals surface area contributed by atoms with Gasteiger partial charge >= 0.3 is 0 Å². The molecule has 1 saturated carbocycles. The molecule has 0 radical (unpaired) electrons. The third kappa shape index (κ3) is 3.77. The zero-order valence-corrected chi connectivity index (χ0v) is 11.6. The molecule has 1 aromatic rings. The highest BCUT2D eigenvalue weighted by molar-refractivity contribution is 5.77. The second kappa shape index (κ2) is 6.66. The van der Waals surface area contributed by atoms with Gasteiger partial charge in [-0.05, 0) is 31.4 Å². The van der Waals surface area contributed by atoms with Crippen LogP contribution in [-0.4, -0.2) is 16.9 Å². The number of nitrogens with zero attached hydrogens (tertiary/aromatic N) is 1. The van der Waals surface area contributed by atoms with Crippen LogP contribution in [0.25, 0.3) is 0 Å². The Morgan fingerprint density at radius 2 is 2.21 bits per heavy atom. The number of hydrogen-bond acceptors (Lipinski definition) is 3. The van der Waals surface area contributed by atoms with Gasteiger partial charge in [0.05, 0.1) is 5.92 Å². The van der Waals surface area contributed by atoms with Gasteiger partial charge < -0.3 is 11.1 Å². The van der Waals surface area contributed by atoms with Gasteiger partial charge in [-0.25, -0.2) is 0 Å². The Hall–Kier alpha value is -1.42. The number of hydrogen-bond donors (Lipinski definition) is 2. The lowest BCUT2D eigenvalue weighted by Gasteiger charge is -2.24. The molecule has 1 aliphatic rings. The highest BCUT2D eigenvalue weighted by Gasteiger charge is 2.27. The van der Waals surface area contributed by atoms with Gasteiger partial charge in [-0.2, -0.15) is 0 Å². The van der Waals surface area contributed by atoms with Gasteiger partial charge in [-0.1, -0.05) is 25.3 Å². The summed E-state index contributed by atoms with van der Waals surface area (Å²) >= 11 is 0. The molecule has 1 heterocycles. The molecule has 0 bridgehead atoms. The van der Waals surface area contributed by atoms with E-state index in [1.807, 2.05) is 13.0 Å². The Kier molecular flexibility index (Phi) is 4.91. The minimum Gasteiger partial charge on any atom is -0.369 e. The van der Waals surface area contributed by atoms with Crippen LogP contribution in [0.15, 0.2) is 18.3 Å². The normalized spacial score (nSPS) is 23.8. The lowest BCUT2D eigenvalue weighted by atomic mass is 9.94. The number of aryl methyl sites for hydroxylation is 1. The Morgan fingerprint density at radius 1 is 1.42 bits per heavy atom. The van der Waals surface area contributed by atoms with Crippen molar-refractivity contribution >= 4 is 5.91 Å². The third-order valence-electron chi connectivity index (χ3n) is 4.05. The van der Waals surface area contributed by atoms with Crippen molar-refractivity contribution in [3.63, 3.8) is 0 Å². The number of carbonyl (C=O) groups excluding carboxylic acids is 1. The number of rotatable bonds is 4. The zero-order chi connectivity index (χ0) is 13.7. The maximum atomic E-state index is 11.6. The molecule has 0 spiro atoms. The second-order valence-electron chi connectivity index (χ2n) is 5.38. The Balaban J connectivity index is 1.99. The first-order chi connectivity index (χ1) is 9.18. The van der Waals surface area contributed by atoms with E-state index in [2.05, 4.69) is 16.4 Å². The highest BCUT2D eigenvalue weighted by atomic mass is 16.1. The summed E-state index contributed by atoms with van der Waals surface area (Å²) in [5, 5.41) is 3.51. The number of nitrogens with two attached hydrogens (primary N) is 1. The lowest BCUT2D eigenvalue weighted by molar-refractivity contribution is -0.122. The van der Waals surface area contributed by atoms with E-state index in [1.54, 1.807) is 6.20 Å². The van der Waals surface area contributed by atoms with Gasteiger partial charge in [-0.3, -0.25) is 9.78 Å². The fraction of sp³-hybridized carbons (Fsp3) is 0.600. The van der Waals surface area contributed by atoms with Crippen LogP contribution in [0.5, 0.6) is 0 Å². The fourth-order valence-corrected chi connectivity index (χ4v) is 2.84. The first-order valence-corrected chi connectivity index (χ1v) is 7.11. The van der Waals surface area contributed by atoms with Crippen LogP contribution in [0.2, 0.25) is 0 Å². The topological polar surface area (TPSA) is 68.0 Å². The van der Waals surface area contributed by atoms with E-state index in [0.29, 0.717) is 0 Å². The summed E-state index contributed by atoms with van der Waals surface area (Å²) in [5.41, 5.74) is 7.77. The molecular formula is C15H23N3O. The SMILES string of the molecule is Cc1ncccc1CN[C@H]1CCCCC[C@H]1C(N)=O. The Bertz CT molecular complexity index is 433. The number of primary amides is 1. The van der Waals surface area contributed by atoms with Gasteiger partial charge in [0.2, 0.25) is 5.91 Å². The van der Waals surface area contributed by atoms with Gasteiger partial charge in [0.1, 0.15) is 0 Å². The summed E-state index contributed by atoms with van der Waals surface area (Å²) in [6.45, 7) is 2.77. The maximum absolute atomic E-state index is 11.6. The molecule has 3 N–H and O–H groups in total. The van der Waals surface area contributed by atoms with E-state index in [9.17, 15) is 4.79 Å². The second-order valence-corrected chi connectivity index (χ2v) is 5.38. The Morgan fingerprint density at radius 3 is 2.95 bits per heavy atom. The molecule has 0 aliphatic heterocycles. The van der Waals surface area contributed by atoms with Crippen molar-refractivity contribution in [2.24, 2.45) is 11.7 Å². The van der Waals surface area contributed by atoms with E-state index >= 15 is 0 Å². The lowest BCUT2D eigenvalue weighted by Crippen LogP contribution is -2.42. The molecule has 0 unspecified atom stereocenters. The predicted molar refractivity (Wildman–Crippen MR) is 75.4 cm³/mol. The number of nitrogens with one attached hydrogen (secondary N) is 1. The van der Waals surface area contributed by atoms with E-state index in [4.69, 9.17) is 5.73 Å². The minimum absolute atomic E-state index is 0.0283. The standard InChI is InChI=1S/C15H23N3O/c1-11-12(6-5-9-17-11)10-18-14-8-4-2-3-7-13(14)15(16)19/h5-6,9,13-14,18H,2-4,7-8,10H2,1H3,(H2,16,19)/t13-,14+/m1/s1. The van der Waals surface area contributed by atoms with Crippen LogP contribution in [0.3, 0.4) is 0 Å². The molecule has 19 heavy (non-hydrogen) atoms.